The zero-order valence-corrected chi connectivity index (χ0v) is 31.0. The van der Waals surface area contributed by atoms with Crippen molar-refractivity contribution in [2.75, 3.05) is 0 Å². The molecule has 0 unspecified atom stereocenters. The standard InChI is InChI=1S/C52H38N4/c1-3-4-7-16-36(2)50-53-51(40-19-10-6-11-20-40)55-52(54-50)41-27-25-39(26-28-41)44-21-12-13-22-45(44)42-31-34-49-47(35-42)46-23-14-15-24-48(46)56(49)43-32-29-38(30-33-43)37-17-8-5-9-18-37/h3-35H,1H2,2H3/b7-4-,36-16+. The first-order chi connectivity index (χ1) is 27.6. The van der Waals surface area contributed by atoms with Gasteiger partial charge in [0.2, 0.25) is 0 Å². The van der Waals surface area contributed by atoms with Gasteiger partial charge in [0.1, 0.15) is 0 Å². The number of nitrogens with zero attached hydrogens (tertiary/aromatic N) is 4. The van der Waals surface area contributed by atoms with Gasteiger partial charge >= 0.3 is 0 Å². The van der Waals surface area contributed by atoms with Crippen LogP contribution < -0.4 is 0 Å². The van der Waals surface area contributed by atoms with Crippen LogP contribution in [0.5, 0.6) is 0 Å². The molecule has 7 aromatic carbocycles. The summed E-state index contributed by atoms with van der Waals surface area (Å²) in [5.41, 5.74) is 13.4. The van der Waals surface area contributed by atoms with Gasteiger partial charge in [-0.15, -0.1) is 0 Å². The molecule has 0 atom stereocenters. The molecule has 0 aliphatic heterocycles. The summed E-state index contributed by atoms with van der Waals surface area (Å²) >= 11 is 0. The molecule has 0 aliphatic carbocycles. The van der Waals surface area contributed by atoms with E-state index in [4.69, 9.17) is 15.0 Å². The third kappa shape index (κ3) is 6.65. The van der Waals surface area contributed by atoms with Crippen LogP contribution in [-0.4, -0.2) is 19.5 Å². The van der Waals surface area contributed by atoms with Crippen LogP contribution in [0.3, 0.4) is 0 Å². The van der Waals surface area contributed by atoms with Crippen LogP contribution >= 0.6 is 0 Å². The Morgan fingerprint density at radius 3 is 1.68 bits per heavy atom. The van der Waals surface area contributed by atoms with Crippen LogP contribution in [0.15, 0.2) is 207 Å². The third-order valence-corrected chi connectivity index (χ3v) is 10.2. The third-order valence-electron chi connectivity index (χ3n) is 10.2. The SMILES string of the molecule is C=C/C=C\C=C(/C)c1nc(-c2ccccc2)nc(-c2ccc(-c3ccccc3-c3ccc4c(c3)c3ccccc3n4-c3ccc(-c4ccccc4)cc3)cc2)n1. The minimum atomic E-state index is 0.630. The van der Waals surface area contributed by atoms with Gasteiger partial charge in [0.05, 0.1) is 11.0 Å². The van der Waals surface area contributed by atoms with E-state index in [1.165, 1.54) is 44.1 Å². The predicted octanol–water partition coefficient (Wildman–Crippen LogP) is 13.4. The van der Waals surface area contributed by atoms with E-state index in [2.05, 4.69) is 157 Å². The van der Waals surface area contributed by atoms with Gasteiger partial charge in [-0.3, -0.25) is 0 Å². The fourth-order valence-electron chi connectivity index (χ4n) is 7.39. The first-order valence-electron chi connectivity index (χ1n) is 18.8. The van der Waals surface area contributed by atoms with E-state index in [-0.39, 0.29) is 0 Å². The molecule has 0 spiro atoms. The number of allylic oxidation sites excluding steroid dienone is 5. The number of benzene rings is 7. The van der Waals surface area contributed by atoms with E-state index in [0.29, 0.717) is 17.5 Å². The fourth-order valence-corrected chi connectivity index (χ4v) is 7.39. The molecule has 0 bridgehead atoms. The van der Waals surface area contributed by atoms with Gasteiger partial charge in [-0.25, -0.2) is 15.0 Å². The van der Waals surface area contributed by atoms with Gasteiger partial charge in [0.25, 0.3) is 0 Å². The molecule has 4 heteroatoms. The molecule has 2 aromatic heterocycles. The highest BCUT2D eigenvalue weighted by molar-refractivity contribution is 6.10. The van der Waals surface area contributed by atoms with Crippen LogP contribution in [-0.2, 0) is 0 Å². The average molecular weight is 719 g/mol. The number of aromatic nitrogens is 4. The van der Waals surface area contributed by atoms with Crippen LogP contribution in [0.2, 0.25) is 0 Å². The van der Waals surface area contributed by atoms with Crippen molar-refractivity contribution >= 4 is 27.4 Å². The van der Waals surface area contributed by atoms with Gasteiger partial charge in [0, 0.05) is 27.6 Å². The summed E-state index contributed by atoms with van der Waals surface area (Å²) in [6, 6.07) is 62.2. The van der Waals surface area contributed by atoms with Gasteiger partial charge in [0.15, 0.2) is 17.5 Å². The second-order valence-corrected chi connectivity index (χ2v) is 13.8. The first kappa shape index (κ1) is 34.3. The first-order valence-corrected chi connectivity index (χ1v) is 18.8. The predicted molar refractivity (Wildman–Crippen MR) is 234 cm³/mol. The fraction of sp³-hybridized carbons (Fsp3) is 0.0192. The van der Waals surface area contributed by atoms with Gasteiger partial charge in [-0.2, -0.15) is 0 Å². The Morgan fingerprint density at radius 2 is 0.982 bits per heavy atom. The van der Waals surface area contributed by atoms with Crippen molar-refractivity contribution in [1.82, 2.24) is 19.5 Å². The molecule has 0 aliphatic rings. The molecule has 0 saturated heterocycles. The summed E-state index contributed by atoms with van der Waals surface area (Å²) < 4.78 is 2.37. The molecule has 9 aromatic rings. The minimum absolute atomic E-state index is 0.630. The summed E-state index contributed by atoms with van der Waals surface area (Å²) in [4.78, 5) is 14.7. The lowest BCUT2D eigenvalue weighted by atomic mass is 9.93. The summed E-state index contributed by atoms with van der Waals surface area (Å²) in [6.07, 6.45) is 7.58. The lowest BCUT2D eigenvalue weighted by Gasteiger charge is -2.13. The summed E-state index contributed by atoms with van der Waals surface area (Å²) in [5, 5.41) is 2.45. The average Bonchev–Trinajstić information content (AvgIpc) is 3.60. The number of rotatable bonds is 9. The zero-order valence-electron chi connectivity index (χ0n) is 31.0. The van der Waals surface area contributed by atoms with Crippen molar-refractivity contribution in [3.05, 3.63) is 213 Å². The van der Waals surface area contributed by atoms with E-state index in [9.17, 15) is 0 Å². The lowest BCUT2D eigenvalue weighted by molar-refractivity contribution is 1.03. The smallest absolute Gasteiger partial charge is 0.164 e. The van der Waals surface area contributed by atoms with Crippen LogP contribution in [0, 0.1) is 0 Å². The molecule has 0 radical (unpaired) electrons. The maximum Gasteiger partial charge on any atom is 0.164 e. The maximum atomic E-state index is 4.93. The van der Waals surface area contributed by atoms with Crippen molar-refractivity contribution in [3.8, 4) is 61.8 Å². The van der Waals surface area contributed by atoms with Crippen molar-refractivity contribution < 1.29 is 0 Å². The Balaban J connectivity index is 1.08. The molecular weight excluding hydrogens is 681 g/mol. The molecule has 0 fully saturated rings. The molecule has 266 valence electrons. The van der Waals surface area contributed by atoms with E-state index < -0.39 is 0 Å². The monoisotopic (exact) mass is 718 g/mol. The highest BCUT2D eigenvalue weighted by Crippen LogP contribution is 2.38. The lowest BCUT2D eigenvalue weighted by Crippen LogP contribution is -2.01. The Morgan fingerprint density at radius 1 is 0.464 bits per heavy atom. The van der Waals surface area contributed by atoms with Crippen LogP contribution in [0.25, 0.3) is 89.2 Å². The highest BCUT2D eigenvalue weighted by Gasteiger charge is 2.16. The molecule has 4 nitrogen and oxygen atoms in total. The van der Waals surface area contributed by atoms with Gasteiger partial charge in [-0.1, -0.05) is 176 Å². The molecular formula is C52H38N4. The maximum absolute atomic E-state index is 4.93. The minimum Gasteiger partial charge on any atom is -0.309 e. The number of hydrogen-bond donors (Lipinski definition) is 0. The Bertz CT molecular complexity index is 2900. The summed E-state index contributed by atoms with van der Waals surface area (Å²) in [7, 11) is 0. The Hall–Kier alpha value is -7.43. The zero-order chi connectivity index (χ0) is 37.8. The number of fused-ring (bicyclic) bond motifs is 3. The quantitative estimate of drug-likeness (QED) is 0.140. The van der Waals surface area contributed by atoms with Crippen LogP contribution in [0.1, 0.15) is 12.7 Å². The Labute approximate surface area is 327 Å². The molecule has 56 heavy (non-hydrogen) atoms. The Kier molecular flexibility index (Phi) is 9.28. The largest absolute Gasteiger partial charge is 0.309 e. The number of hydrogen-bond acceptors (Lipinski definition) is 3. The van der Waals surface area contributed by atoms with Crippen molar-refractivity contribution in [3.63, 3.8) is 0 Å². The van der Waals surface area contributed by atoms with Gasteiger partial charge < -0.3 is 4.57 Å². The highest BCUT2D eigenvalue weighted by atomic mass is 15.0. The second-order valence-electron chi connectivity index (χ2n) is 13.8. The van der Waals surface area contributed by atoms with Gasteiger partial charge in [-0.05, 0) is 76.2 Å². The van der Waals surface area contributed by atoms with Crippen molar-refractivity contribution in [1.29, 1.82) is 0 Å². The van der Waals surface area contributed by atoms with E-state index in [1.807, 2.05) is 55.5 Å². The van der Waals surface area contributed by atoms with Crippen LogP contribution in [0.4, 0.5) is 0 Å². The summed E-state index contributed by atoms with van der Waals surface area (Å²) in [5.74, 6) is 1.91. The molecule has 9 rings (SSSR count). The molecule has 2 heterocycles. The van der Waals surface area contributed by atoms with E-state index in [1.54, 1.807) is 6.08 Å². The molecule has 0 saturated carbocycles. The molecule has 0 amide bonds. The second kappa shape index (κ2) is 15.1. The normalized spacial score (nSPS) is 11.8. The summed E-state index contributed by atoms with van der Waals surface area (Å²) in [6.45, 7) is 5.79. The van der Waals surface area contributed by atoms with Crippen molar-refractivity contribution in [2.24, 2.45) is 0 Å². The van der Waals surface area contributed by atoms with E-state index >= 15 is 0 Å². The molecule has 0 N–H and O–H groups in total. The van der Waals surface area contributed by atoms with Crippen molar-refractivity contribution in [2.45, 2.75) is 6.92 Å². The topological polar surface area (TPSA) is 43.6 Å². The number of para-hydroxylation sites is 1. The van der Waals surface area contributed by atoms with E-state index in [0.717, 1.165) is 33.5 Å².